The molecule has 0 atom stereocenters. The zero-order valence-electron chi connectivity index (χ0n) is 18.9. The number of hydrogen-bond acceptors (Lipinski definition) is 5. The van der Waals surface area contributed by atoms with Crippen molar-refractivity contribution >= 4 is 5.97 Å². The smallest absolute Gasteiger partial charge is 0.343 e. The van der Waals surface area contributed by atoms with Crippen molar-refractivity contribution in [2.24, 2.45) is 5.92 Å². The van der Waals surface area contributed by atoms with Crippen molar-refractivity contribution in [2.45, 2.75) is 64.7 Å². The minimum Gasteiger partial charge on any atom is -0.492 e. The lowest BCUT2D eigenvalue weighted by Crippen LogP contribution is -2.14. The van der Waals surface area contributed by atoms with E-state index in [4.69, 9.17) is 9.47 Å². The standard InChI is InChI=1S/C27H30N2O3/c1-3-5-6-19-7-9-20(10-8-19)21-11-13-22(14-12-21)27(30)32-26-16-15-25(31-4-2)23(17-28)24(26)18-29/h11-16,19-20H,3-10H2,1-2H3. The molecule has 0 aromatic heterocycles. The molecule has 0 spiro atoms. The van der Waals surface area contributed by atoms with E-state index in [1.54, 1.807) is 25.1 Å². The highest BCUT2D eigenvalue weighted by Crippen LogP contribution is 2.38. The molecule has 32 heavy (non-hydrogen) atoms. The SMILES string of the molecule is CCCCC1CCC(c2ccc(C(=O)Oc3ccc(OCC)c(C#N)c3C#N)cc2)CC1. The summed E-state index contributed by atoms with van der Waals surface area (Å²) in [6.07, 6.45) is 8.90. The highest BCUT2D eigenvalue weighted by atomic mass is 16.5. The number of hydrogen-bond donors (Lipinski definition) is 0. The average molecular weight is 431 g/mol. The lowest BCUT2D eigenvalue weighted by molar-refractivity contribution is 0.0734. The van der Waals surface area contributed by atoms with Gasteiger partial charge in [-0.15, -0.1) is 0 Å². The predicted octanol–water partition coefficient (Wildman–Crippen LogP) is 6.51. The zero-order valence-corrected chi connectivity index (χ0v) is 18.9. The van der Waals surface area contributed by atoms with Crippen LogP contribution in [0.2, 0.25) is 0 Å². The molecule has 0 saturated heterocycles. The topological polar surface area (TPSA) is 83.1 Å². The second-order valence-corrected chi connectivity index (χ2v) is 8.34. The molecule has 1 aliphatic carbocycles. The maximum atomic E-state index is 12.7. The van der Waals surface area contributed by atoms with Crippen molar-refractivity contribution in [1.29, 1.82) is 10.5 Å². The van der Waals surface area contributed by atoms with Crippen LogP contribution in [-0.4, -0.2) is 12.6 Å². The molecule has 1 saturated carbocycles. The van der Waals surface area contributed by atoms with Gasteiger partial charge in [-0.05, 0) is 74.3 Å². The van der Waals surface area contributed by atoms with Crippen molar-refractivity contribution < 1.29 is 14.3 Å². The van der Waals surface area contributed by atoms with Gasteiger partial charge in [0.1, 0.15) is 29.0 Å². The van der Waals surface area contributed by atoms with Gasteiger partial charge in [-0.3, -0.25) is 0 Å². The van der Waals surface area contributed by atoms with Crippen LogP contribution in [0.5, 0.6) is 11.5 Å². The van der Waals surface area contributed by atoms with E-state index in [2.05, 4.69) is 6.92 Å². The van der Waals surface area contributed by atoms with Crippen LogP contribution in [0.4, 0.5) is 0 Å². The number of rotatable bonds is 8. The van der Waals surface area contributed by atoms with E-state index in [-0.39, 0.29) is 16.9 Å². The molecule has 0 N–H and O–H groups in total. The van der Waals surface area contributed by atoms with Gasteiger partial charge in [-0.25, -0.2) is 4.79 Å². The second kappa shape index (κ2) is 11.3. The van der Waals surface area contributed by atoms with Crippen LogP contribution in [0.1, 0.15) is 91.8 Å². The van der Waals surface area contributed by atoms with Gasteiger partial charge in [0.15, 0.2) is 5.75 Å². The van der Waals surface area contributed by atoms with Crippen molar-refractivity contribution in [3.8, 4) is 23.6 Å². The van der Waals surface area contributed by atoms with E-state index >= 15 is 0 Å². The third-order valence-electron chi connectivity index (χ3n) is 6.29. The van der Waals surface area contributed by atoms with E-state index in [1.807, 2.05) is 24.3 Å². The summed E-state index contributed by atoms with van der Waals surface area (Å²) in [6, 6.07) is 14.6. The summed E-state index contributed by atoms with van der Waals surface area (Å²) >= 11 is 0. The highest BCUT2D eigenvalue weighted by molar-refractivity contribution is 5.91. The molecular weight excluding hydrogens is 400 g/mol. The summed E-state index contributed by atoms with van der Waals surface area (Å²) in [5, 5.41) is 18.9. The predicted molar refractivity (Wildman–Crippen MR) is 123 cm³/mol. The first-order chi connectivity index (χ1) is 15.6. The maximum absolute atomic E-state index is 12.7. The minimum absolute atomic E-state index is 0.00301. The van der Waals surface area contributed by atoms with E-state index in [0.29, 0.717) is 23.8 Å². The largest absolute Gasteiger partial charge is 0.492 e. The minimum atomic E-state index is -0.552. The fraction of sp³-hybridized carbons (Fsp3) is 0.444. The van der Waals surface area contributed by atoms with Gasteiger partial charge in [-0.1, -0.05) is 38.3 Å². The van der Waals surface area contributed by atoms with Crippen LogP contribution in [0.3, 0.4) is 0 Å². The van der Waals surface area contributed by atoms with Gasteiger partial charge in [0, 0.05) is 0 Å². The first-order valence-corrected chi connectivity index (χ1v) is 11.5. The fourth-order valence-corrected chi connectivity index (χ4v) is 4.47. The van der Waals surface area contributed by atoms with Crippen LogP contribution >= 0.6 is 0 Å². The van der Waals surface area contributed by atoms with Gasteiger partial charge in [0.25, 0.3) is 0 Å². The van der Waals surface area contributed by atoms with Crippen LogP contribution < -0.4 is 9.47 Å². The zero-order chi connectivity index (χ0) is 22.9. The molecule has 5 heteroatoms. The third kappa shape index (κ3) is 5.48. The van der Waals surface area contributed by atoms with Gasteiger partial charge >= 0.3 is 5.97 Å². The van der Waals surface area contributed by atoms with Crippen molar-refractivity contribution in [3.05, 3.63) is 58.7 Å². The molecule has 0 heterocycles. The maximum Gasteiger partial charge on any atom is 0.343 e. The number of ether oxygens (including phenoxy) is 2. The summed E-state index contributed by atoms with van der Waals surface area (Å²) in [6.45, 7) is 4.41. The Labute approximate surface area is 190 Å². The Morgan fingerprint density at radius 2 is 1.56 bits per heavy atom. The molecule has 0 amide bonds. The Morgan fingerprint density at radius 3 is 2.16 bits per heavy atom. The molecule has 0 bridgehead atoms. The first-order valence-electron chi connectivity index (χ1n) is 11.5. The molecule has 1 aliphatic rings. The van der Waals surface area contributed by atoms with Crippen LogP contribution in [0, 0.1) is 28.6 Å². The molecule has 2 aromatic carbocycles. The Balaban J connectivity index is 1.67. The molecule has 166 valence electrons. The summed E-state index contributed by atoms with van der Waals surface area (Å²) in [5.41, 5.74) is 1.76. The van der Waals surface area contributed by atoms with E-state index in [1.165, 1.54) is 56.6 Å². The number of benzene rings is 2. The van der Waals surface area contributed by atoms with Crippen molar-refractivity contribution in [2.75, 3.05) is 6.61 Å². The van der Waals surface area contributed by atoms with Crippen molar-refractivity contribution in [3.63, 3.8) is 0 Å². The van der Waals surface area contributed by atoms with Crippen molar-refractivity contribution in [1.82, 2.24) is 0 Å². The van der Waals surface area contributed by atoms with Gasteiger partial charge in [-0.2, -0.15) is 10.5 Å². The Morgan fingerprint density at radius 1 is 0.938 bits per heavy atom. The number of nitrogens with zero attached hydrogens (tertiary/aromatic N) is 2. The molecule has 1 fully saturated rings. The number of carbonyl (C=O) groups is 1. The summed E-state index contributed by atoms with van der Waals surface area (Å²) < 4.78 is 10.9. The molecule has 5 nitrogen and oxygen atoms in total. The monoisotopic (exact) mass is 430 g/mol. The second-order valence-electron chi connectivity index (χ2n) is 8.34. The van der Waals surface area contributed by atoms with E-state index in [9.17, 15) is 15.3 Å². The summed E-state index contributed by atoms with van der Waals surface area (Å²) in [4.78, 5) is 12.7. The van der Waals surface area contributed by atoms with Gasteiger partial charge < -0.3 is 9.47 Å². The summed E-state index contributed by atoms with van der Waals surface area (Å²) in [5.74, 6) is 1.23. The normalized spacial score (nSPS) is 17.8. The number of esters is 1. The Kier molecular flexibility index (Phi) is 8.28. The first kappa shape index (κ1) is 23.4. The molecule has 3 rings (SSSR count). The molecule has 0 unspecified atom stereocenters. The number of unbranched alkanes of at least 4 members (excludes halogenated alkanes) is 1. The fourth-order valence-electron chi connectivity index (χ4n) is 4.47. The van der Waals surface area contributed by atoms with E-state index < -0.39 is 5.97 Å². The molecule has 0 aliphatic heterocycles. The lowest BCUT2D eigenvalue weighted by atomic mass is 9.77. The quantitative estimate of drug-likeness (QED) is 0.352. The van der Waals surface area contributed by atoms with E-state index in [0.717, 1.165) is 5.92 Å². The van der Waals surface area contributed by atoms with Crippen LogP contribution in [0.25, 0.3) is 0 Å². The lowest BCUT2D eigenvalue weighted by Gasteiger charge is -2.28. The summed E-state index contributed by atoms with van der Waals surface area (Å²) in [7, 11) is 0. The molecule has 2 aromatic rings. The molecule has 0 radical (unpaired) electrons. The Bertz CT molecular complexity index is 1010. The van der Waals surface area contributed by atoms with Gasteiger partial charge in [0.2, 0.25) is 0 Å². The number of carbonyl (C=O) groups excluding carboxylic acids is 1. The highest BCUT2D eigenvalue weighted by Gasteiger charge is 2.23. The number of nitriles is 2. The van der Waals surface area contributed by atoms with Crippen LogP contribution in [0.15, 0.2) is 36.4 Å². The van der Waals surface area contributed by atoms with Crippen LogP contribution in [-0.2, 0) is 0 Å². The van der Waals surface area contributed by atoms with Gasteiger partial charge in [0.05, 0.1) is 12.2 Å². The average Bonchev–Trinajstić information content (AvgIpc) is 2.83. The third-order valence-corrected chi connectivity index (χ3v) is 6.29. The Hall–Kier alpha value is -3.31. The molecular formula is C27H30N2O3.